The summed E-state index contributed by atoms with van der Waals surface area (Å²) in [5.41, 5.74) is 0.835. The van der Waals surface area contributed by atoms with Crippen LogP contribution in [0.1, 0.15) is 10.4 Å². The zero-order valence-corrected chi connectivity index (χ0v) is 15.6. The Kier molecular flexibility index (Phi) is 4.43. The third-order valence-electron chi connectivity index (χ3n) is 3.81. The smallest absolute Gasteiger partial charge is 0.363 e. The van der Waals surface area contributed by atoms with Crippen molar-refractivity contribution in [3.63, 3.8) is 0 Å². The second kappa shape index (κ2) is 6.77. The predicted molar refractivity (Wildman–Crippen MR) is 106 cm³/mol. The number of halogens is 2. The van der Waals surface area contributed by atoms with Gasteiger partial charge in [0, 0.05) is 27.2 Å². The minimum atomic E-state index is -0.598. The van der Waals surface area contributed by atoms with Crippen molar-refractivity contribution in [1.82, 2.24) is 0 Å². The zero-order valence-electron chi connectivity index (χ0n) is 13.3. The van der Waals surface area contributed by atoms with E-state index in [2.05, 4.69) is 4.99 Å². The quantitative estimate of drug-likeness (QED) is 0.244. The summed E-state index contributed by atoms with van der Waals surface area (Å²) in [7, 11) is 0. The second-order valence-corrected chi connectivity index (χ2v) is 7.44. The third-order valence-corrected chi connectivity index (χ3v) is 5.71. The number of carbonyl (C=O) groups excluding carboxylic acids is 1. The van der Waals surface area contributed by atoms with Crippen molar-refractivity contribution in [2.24, 2.45) is 4.99 Å². The van der Waals surface area contributed by atoms with Gasteiger partial charge in [-0.3, -0.25) is 10.1 Å². The van der Waals surface area contributed by atoms with E-state index in [1.807, 2.05) is 0 Å². The van der Waals surface area contributed by atoms with Gasteiger partial charge in [-0.05, 0) is 29.8 Å². The normalized spacial score (nSPS) is 15.3. The summed E-state index contributed by atoms with van der Waals surface area (Å²) in [6.07, 6.45) is 1.58. The van der Waals surface area contributed by atoms with Crippen LogP contribution in [0, 0.1) is 10.1 Å². The SMILES string of the molecule is O=C1OC(c2sc3cc([N+](=O)[O-])ccc3c2Cl)=N/C1=C/c1ccc(Cl)cc1. The molecule has 0 radical (unpaired) electrons. The van der Waals surface area contributed by atoms with E-state index in [0.717, 1.165) is 5.56 Å². The summed E-state index contributed by atoms with van der Waals surface area (Å²) in [4.78, 5) is 27.3. The number of nitro groups is 1. The molecule has 0 N–H and O–H groups in total. The van der Waals surface area contributed by atoms with Crippen molar-refractivity contribution >= 4 is 68.3 Å². The average Bonchev–Trinajstić information content (AvgIpc) is 3.17. The van der Waals surface area contributed by atoms with Crippen molar-refractivity contribution in [2.75, 3.05) is 0 Å². The van der Waals surface area contributed by atoms with Gasteiger partial charge in [-0.15, -0.1) is 11.3 Å². The maximum Gasteiger partial charge on any atom is 0.363 e. The zero-order chi connectivity index (χ0) is 19.1. The summed E-state index contributed by atoms with van der Waals surface area (Å²) in [5.74, 6) is -0.520. The van der Waals surface area contributed by atoms with Gasteiger partial charge in [-0.2, -0.15) is 0 Å². The lowest BCUT2D eigenvalue weighted by Gasteiger charge is -1.95. The number of non-ortho nitro benzene ring substituents is 1. The number of esters is 1. The maximum atomic E-state index is 12.1. The highest BCUT2D eigenvalue weighted by atomic mass is 35.5. The number of hydrogen-bond donors (Lipinski definition) is 0. The number of aliphatic imine (C=N–C) groups is 1. The number of benzene rings is 2. The van der Waals surface area contributed by atoms with E-state index in [9.17, 15) is 14.9 Å². The van der Waals surface area contributed by atoms with Gasteiger partial charge in [0.05, 0.1) is 9.95 Å². The molecule has 0 bridgehead atoms. The van der Waals surface area contributed by atoms with Crippen molar-refractivity contribution in [3.8, 4) is 0 Å². The van der Waals surface area contributed by atoms with Crippen LogP contribution >= 0.6 is 34.5 Å². The van der Waals surface area contributed by atoms with Gasteiger partial charge in [-0.1, -0.05) is 35.3 Å². The fourth-order valence-corrected chi connectivity index (χ4v) is 4.13. The molecule has 134 valence electrons. The number of rotatable bonds is 3. The third kappa shape index (κ3) is 3.32. The first kappa shape index (κ1) is 17.7. The minimum Gasteiger partial charge on any atom is -0.401 e. The van der Waals surface area contributed by atoms with Crippen molar-refractivity contribution in [3.05, 3.63) is 78.8 Å². The number of thiophene rings is 1. The van der Waals surface area contributed by atoms with Crippen LogP contribution in [0.5, 0.6) is 0 Å². The van der Waals surface area contributed by atoms with E-state index in [1.54, 1.807) is 36.4 Å². The predicted octanol–water partition coefficient (Wildman–Crippen LogP) is 5.46. The highest BCUT2D eigenvalue weighted by molar-refractivity contribution is 7.21. The van der Waals surface area contributed by atoms with Crippen molar-refractivity contribution in [1.29, 1.82) is 0 Å². The molecule has 0 fully saturated rings. The van der Waals surface area contributed by atoms with E-state index < -0.39 is 10.9 Å². The number of hydrogen-bond acceptors (Lipinski definition) is 6. The number of fused-ring (bicyclic) bond motifs is 1. The molecule has 6 nitrogen and oxygen atoms in total. The number of carbonyl (C=O) groups is 1. The summed E-state index contributed by atoms with van der Waals surface area (Å²) in [6.45, 7) is 0. The van der Waals surface area contributed by atoms with E-state index in [0.29, 0.717) is 25.0 Å². The molecule has 2 aromatic carbocycles. The number of cyclic esters (lactones) is 1. The first-order valence-electron chi connectivity index (χ1n) is 7.57. The molecular formula is C18H8Cl2N2O4S. The fraction of sp³-hybridized carbons (Fsp3) is 0. The summed E-state index contributed by atoms with van der Waals surface area (Å²) >= 11 is 13.4. The van der Waals surface area contributed by atoms with Gasteiger partial charge < -0.3 is 4.74 Å². The number of nitro benzene ring substituents is 1. The lowest BCUT2D eigenvalue weighted by molar-refractivity contribution is -0.384. The molecule has 3 aromatic rings. The second-order valence-electron chi connectivity index (χ2n) is 5.57. The average molecular weight is 419 g/mol. The molecule has 0 aliphatic carbocycles. The number of nitrogens with zero attached hydrogens (tertiary/aromatic N) is 2. The Morgan fingerprint density at radius 2 is 1.89 bits per heavy atom. The topological polar surface area (TPSA) is 81.8 Å². The van der Waals surface area contributed by atoms with Gasteiger partial charge in [0.2, 0.25) is 5.90 Å². The molecular weight excluding hydrogens is 411 g/mol. The molecule has 4 rings (SSSR count). The molecule has 0 unspecified atom stereocenters. The Morgan fingerprint density at radius 1 is 1.15 bits per heavy atom. The molecule has 0 atom stereocenters. The van der Waals surface area contributed by atoms with E-state index in [4.69, 9.17) is 27.9 Å². The minimum absolute atomic E-state index is 0.0411. The van der Waals surface area contributed by atoms with Crippen LogP contribution in [0.3, 0.4) is 0 Å². The van der Waals surface area contributed by atoms with Crippen LogP contribution in [-0.2, 0) is 9.53 Å². The maximum absolute atomic E-state index is 12.1. The van der Waals surface area contributed by atoms with Crippen molar-refractivity contribution in [2.45, 2.75) is 0 Å². The van der Waals surface area contributed by atoms with Crippen LogP contribution in [0.4, 0.5) is 5.69 Å². The van der Waals surface area contributed by atoms with Gasteiger partial charge in [-0.25, -0.2) is 9.79 Å². The monoisotopic (exact) mass is 418 g/mol. The molecule has 0 amide bonds. The Bertz CT molecular complexity index is 1170. The molecule has 1 aliphatic rings. The lowest BCUT2D eigenvalue weighted by Crippen LogP contribution is -2.04. The Labute approximate surface area is 166 Å². The molecule has 9 heteroatoms. The first-order valence-corrected chi connectivity index (χ1v) is 9.14. The lowest BCUT2D eigenvalue weighted by atomic mass is 10.2. The highest BCUT2D eigenvalue weighted by Crippen LogP contribution is 2.39. The highest BCUT2D eigenvalue weighted by Gasteiger charge is 2.28. The van der Waals surface area contributed by atoms with Crippen molar-refractivity contribution < 1.29 is 14.5 Å². The summed E-state index contributed by atoms with van der Waals surface area (Å²) in [5, 5.41) is 12.5. The Balaban J connectivity index is 1.75. The molecule has 0 spiro atoms. The van der Waals surface area contributed by atoms with E-state index in [-0.39, 0.29) is 17.3 Å². The largest absolute Gasteiger partial charge is 0.401 e. The van der Waals surface area contributed by atoms with Crippen LogP contribution in [0.25, 0.3) is 16.2 Å². The van der Waals surface area contributed by atoms with Gasteiger partial charge in [0.25, 0.3) is 5.69 Å². The molecule has 0 saturated heterocycles. The summed E-state index contributed by atoms with van der Waals surface area (Å²) in [6, 6.07) is 11.3. The van der Waals surface area contributed by atoms with E-state index in [1.165, 1.54) is 23.5 Å². The van der Waals surface area contributed by atoms with Crippen LogP contribution < -0.4 is 0 Å². The van der Waals surface area contributed by atoms with Crippen LogP contribution in [-0.4, -0.2) is 16.8 Å². The van der Waals surface area contributed by atoms with Gasteiger partial charge >= 0.3 is 5.97 Å². The Hall–Kier alpha value is -2.74. The Morgan fingerprint density at radius 3 is 2.59 bits per heavy atom. The summed E-state index contributed by atoms with van der Waals surface area (Å²) < 4.78 is 5.86. The van der Waals surface area contributed by atoms with Crippen LogP contribution in [0.2, 0.25) is 10.0 Å². The molecule has 27 heavy (non-hydrogen) atoms. The van der Waals surface area contributed by atoms with Gasteiger partial charge in [0.15, 0.2) is 5.70 Å². The first-order chi connectivity index (χ1) is 12.9. The molecule has 1 aliphatic heterocycles. The van der Waals surface area contributed by atoms with Gasteiger partial charge in [0.1, 0.15) is 4.88 Å². The fourth-order valence-electron chi connectivity index (χ4n) is 2.53. The van der Waals surface area contributed by atoms with Crippen LogP contribution in [0.15, 0.2) is 53.2 Å². The number of ether oxygens (including phenoxy) is 1. The standard InChI is InChI=1S/C18H8Cl2N2O4S/c19-10-3-1-9(2-4-10)7-13-18(23)26-17(21-13)16-15(20)12-6-5-11(22(24)25)8-14(12)27-16/h1-8H/b13-7+. The molecule has 2 heterocycles. The molecule has 0 saturated carbocycles. The van der Waals surface area contributed by atoms with E-state index >= 15 is 0 Å². The molecule has 1 aromatic heterocycles.